The van der Waals surface area contributed by atoms with Crippen LogP contribution in [-0.2, 0) is 23.9 Å². The van der Waals surface area contributed by atoms with Crippen LogP contribution < -0.4 is 4.90 Å². The quantitative estimate of drug-likeness (QED) is 0.167. The van der Waals surface area contributed by atoms with Crippen LogP contribution in [0.3, 0.4) is 0 Å². The van der Waals surface area contributed by atoms with Crippen molar-refractivity contribution in [3.05, 3.63) is 54.6 Å². The molecule has 3 aliphatic heterocycles. The summed E-state index contributed by atoms with van der Waals surface area (Å²) in [5, 5.41) is 9.32. The summed E-state index contributed by atoms with van der Waals surface area (Å²) in [5.41, 5.74) is 0.782. The maximum Gasteiger partial charge on any atom is 0.312 e. The molecule has 0 aliphatic carbocycles. The highest BCUT2D eigenvalue weighted by atomic mass is 16.6. The van der Waals surface area contributed by atoms with E-state index in [-0.39, 0.29) is 31.6 Å². The number of unbranched alkanes of at least 4 members (excludes halogenated alkanes) is 4. The second-order valence-electron chi connectivity index (χ2n) is 12.1. The zero-order valence-corrected chi connectivity index (χ0v) is 25.6. The summed E-state index contributed by atoms with van der Waals surface area (Å²) in [6.07, 6.45) is 9.66. The number of anilines is 1. The number of carbonyl (C=O) groups excluding carboxylic acids is 3. The predicted molar refractivity (Wildman–Crippen MR) is 163 cm³/mol. The van der Waals surface area contributed by atoms with E-state index in [9.17, 15) is 19.5 Å². The summed E-state index contributed by atoms with van der Waals surface area (Å²) in [5.74, 6) is -2.35. The van der Waals surface area contributed by atoms with E-state index >= 15 is 0 Å². The zero-order chi connectivity index (χ0) is 30.5. The van der Waals surface area contributed by atoms with Crippen molar-refractivity contribution < 1.29 is 29.0 Å². The fourth-order valence-electron chi connectivity index (χ4n) is 7.62. The van der Waals surface area contributed by atoms with E-state index in [0.29, 0.717) is 38.6 Å². The Morgan fingerprint density at radius 3 is 2.50 bits per heavy atom. The van der Waals surface area contributed by atoms with Crippen molar-refractivity contribution in [2.24, 2.45) is 11.8 Å². The maximum atomic E-state index is 14.8. The molecule has 3 aliphatic rings. The number of allylic oxidation sites excluding steroid dienone is 1. The summed E-state index contributed by atoms with van der Waals surface area (Å²) in [6, 6.07) is 5.04. The number of rotatable bonds is 16. The number of aryl methyl sites for hydroxylation is 2. The lowest BCUT2D eigenvalue weighted by molar-refractivity contribution is -0.161. The third kappa shape index (κ3) is 5.55. The molecule has 1 aromatic rings. The average Bonchev–Trinajstić information content (AvgIpc) is 3.58. The molecule has 3 heterocycles. The van der Waals surface area contributed by atoms with Crippen molar-refractivity contribution in [3.63, 3.8) is 0 Å². The first-order valence-electron chi connectivity index (χ1n) is 15.6. The number of esters is 1. The van der Waals surface area contributed by atoms with Gasteiger partial charge in [0.2, 0.25) is 5.91 Å². The second kappa shape index (κ2) is 13.6. The molecule has 1 spiro atoms. The van der Waals surface area contributed by atoms with Gasteiger partial charge in [-0.25, -0.2) is 0 Å². The number of ether oxygens (including phenoxy) is 2. The smallest absolute Gasteiger partial charge is 0.312 e. The Hall–Kier alpha value is -2.97. The molecule has 3 saturated heterocycles. The van der Waals surface area contributed by atoms with Gasteiger partial charge in [0.05, 0.1) is 18.1 Å². The molecule has 4 rings (SSSR count). The Labute approximate surface area is 250 Å². The molecule has 8 nitrogen and oxygen atoms in total. The predicted octanol–water partition coefficient (Wildman–Crippen LogP) is 5.04. The molecule has 2 amide bonds. The van der Waals surface area contributed by atoms with Gasteiger partial charge in [-0.15, -0.1) is 13.2 Å². The van der Waals surface area contributed by atoms with Crippen LogP contribution in [-0.4, -0.2) is 71.3 Å². The van der Waals surface area contributed by atoms with Gasteiger partial charge in [0, 0.05) is 25.4 Å². The molecule has 2 unspecified atom stereocenters. The van der Waals surface area contributed by atoms with Crippen LogP contribution in [0.1, 0.15) is 75.8 Å². The van der Waals surface area contributed by atoms with Crippen molar-refractivity contribution in [2.45, 2.75) is 95.8 Å². The van der Waals surface area contributed by atoms with Crippen molar-refractivity contribution in [3.8, 4) is 0 Å². The Morgan fingerprint density at radius 2 is 1.86 bits per heavy atom. The number of amides is 2. The third-order valence-electron chi connectivity index (χ3n) is 9.56. The standard InChI is InChI=1S/C34H48N2O6/c1-6-9-10-14-23-41-32(40)27-26-30(38)36(21-12-11-13-22-37)29(34(26)19-18-33(27,8-3)42-34)31(39)35(20-7-2)28-24(4)16-15-17-25(28)5/h6-7,15-17,26-27,29,37H,1-2,8-14,18-23H2,3-5H3/t26-,27-,29?,33+,34?/m0/s1. The topological polar surface area (TPSA) is 96.4 Å². The van der Waals surface area contributed by atoms with Crippen molar-refractivity contribution >= 4 is 23.5 Å². The third-order valence-corrected chi connectivity index (χ3v) is 9.56. The molecule has 0 aromatic heterocycles. The minimum atomic E-state index is -1.11. The van der Waals surface area contributed by atoms with Gasteiger partial charge in [-0.1, -0.05) is 37.3 Å². The lowest BCUT2D eigenvalue weighted by atomic mass is 9.65. The molecule has 3 fully saturated rings. The first-order valence-corrected chi connectivity index (χ1v) is 15.6. The summed E-state index contributed by atoms with van der Waals surface area (Å²) >= 11 is 0. The second-order valence-corrected chi connectivity index (χ2v) is 12.1. The highest BCUT2D eigenvalue weighted by molar-refractivity contribution is 6.05. The van der Waals surface area contributed by atoms with E-state index in [1.165, 1.54) is 0 Å². The van der Waals surface area contributed by atoms with Crippen LogP contribution in [0.4, 0.5) is 5.69 Å². The number of nitrogens with zero attached hydrogens (tertiary/aromatic N) is 2. The molecule has 0 radical (unpaired) electrons. The lowest BCUT2D eigenvalue weighted by Crippen LogP contribution is -2.56. The van der Waals surface area contributed by atoms with Gasteiger partial charge in [0.1, 0.15) is 17.6 Å². The van der Waals surface area contributed by atoms with Crippen molar-refractivity contribution in [1.82, 2.24) is 4.90 Å². The van der Waals surface area contributed by atoms with Crippen LogP contribution in [0, 0.1) is 25.7 Å². The molecule has 1 aromatic carbocycles. The maximum absolute atomic E-state index is 14.8. The monoisotopic (exact) mass is 580 g/mol. The van der Waals surface area contributed by atoms with Crippen LogP contribution in [0.5, 0.6) is 0 Å². The number of likely N-dealkylation sites (tertiary alicyclic amines) is 1. The Kier molecular flexibility index (Phi) is 10.3. The van der Waals surface area contributed by atoms with E-state index in [1.807, 2.05) is 45.0 Å². The molecule has 0 saturated carbocycles. The summed E-state index contributed by atoms with van der Waals surface area (Å²) < 4.78 is 12.7. The molecule has 5 atom stereocenters. The van der Waals surface area contributed by atoms with E-state index in [2.05, 4.69) is 13.2 Å². The minimum absolute atomic E-state index is 0.0748. The van der Waals surface area contributed by atoms with Crippen molar-refractivity contribution in [1.29, 1.82) is 0 Å². The van der Waals surface area contributed by atoms with Gasteiger partial charge in [0.15, 0.2) is 0 Å². The Morgan fingerprint density at radius 1 is 1.12 bits per heavy atom. The van der Waals surface area contributed by atoms with Crippen LogP contribution in [0.2, 0.25) is 0 Å². The van der Waals surface area contributed by atoms with E-state index in [0.717, 1.165) is 42.5 Å². The van der Waals surface area contributed by atoms with Gasteiger partial charge in [-0.3, -0.25) is 14.4 Å². The Bertz CT molecular complexity index is 1160. The normalized spacial score (nSPS) is 27.7. The molecular weight excluding hydrogens is 532 g/mol. The van der Waals surface area contributed by atoms with Gasteiger partial charge in [-0.2, -0.15) is 0 Å². The molecule has 230 valence electrons. The fourth-order valence-corrected chi connectivity index (χ4v) is 7.62. The highest BCUT2D eigenvalue weighted by Crippen LogP contribution is 2.64. The number of hydrogen-bond acceptors (Lipinski definition) is 6. The van der Waals surface area contributed by atoms with Crippen LogP contribution >= 0.6 is 0 Å². The van der Waals surface area contributed by atoms with Gasteiger partial charge >= 0.3 is 5.97 Å². The van der Waals surface area contributed by atoms with Gasteiger partial charge < -0.3 is 24.4 Å². The van der Waals surface area contributed by atoms with Crippen LogP contribution in [0.25, 0.3) is 0 Å². The number of hydrogen-bond donors (Lipinski definition) is 1. The molecule has 42 heavy (non-hydrogen) atoms. The van der Waals surface area contributed by atoms with E-state index in [4.69, 9.17) is 9.47 Å². The molecule has 1 N–H and O–H groups in total. The molecule has 8 heteroatoms. The number of carbonyl (C=O) groups is 3. The van der Waals surface area contributed by atoms with E-state index < -0.39 is 35.0 Å². The largest absolute Gasteiger partial charge is 0.465 e. The number of aliphatic hydroxyl groups excluding tert-OH is 1. The first-order chi connectivity index (χ1) is 20.2. The fraction of sp³-hybridized carbons (Fsp3) is 0.618. The first kappa shape index (κ1) is 32.0. The minimum Gasteiger partial charge on any atom is -0.465 e. The van der Waals surface area contributed by atoms with Crippen molar-refractivity contribution in [2.75, 3.05) is 31.2 Å². The highest BCUT2D eigenvalue weighted by Gasteiger charge is 2.79. The Balaban J connectivity index is 1.73. The number of para-hydroxylation sites is 1. The summed E-state index contributed by atoms with van der Waals surface area (Å²) in [7, 11) is 0. The van der Waals surface area contributed by atoms with Gasteiger partial charge in [-0.05, 0) is 82.8 Å². The van der Waals surface area contributed by atoms with Crippen LogP contribution in [0.15, 0.2) is 43.5 Å². The van der Waals surface area contributed by atoms with Gasteiger partial charge in [0.25, 0.3) is 5.91 Å². The summed E-state index contributed by atoms with van der Waals surface area (Å²) in [4.78, 5) is 46.3. The van der Waals surface area contributed by atoms with E-state index in [1.54, 1.807) is 15.9 Å². The number of aliphatic hydroxyl groups is 1. The SMILES string of the molecule is C=CCCCCOC(=O)[C@@H]1[C@H]2C(=O)N(CCCCCO)C(C(=O)N(CC=C)c3c(C)cccc3C)C23CC[C@@]1(CC)O3. The molecule has 2 bridgehead atoms. The number of benzene rings is 1. The summed E-state index contributed by atoms with van der Waals surface area (Å²) in [6.45, 7) is 14.6. The number of fused-ring (bicyclic) bond motifs is 1. The zero-order valence-electron chi connectivity index (χ0n) is 25.6. The average molecular weight is 581 g/mol. The lowest BCUT2D eigenvalue weighted by Gasteiger charge is -2.37. The molecular formula is C34H48N2O6.